The van der Waals surface area contributed by atoms with E-state index in [1.54, 1.807) is 19.3 Å². The zero-order chi connectivity index (χ0) is 13.9. The molecule has 2 aromatic heterocycles. The van der Waals surface area contributed by atoms with E-state index in [0.29, 0.717) is 17.3 Å². The first-order valence-electron chi connectivity index (χ1n) is 6.98. The van der Waals surface area contributed by atoms with E-state index in [9.17, 15) is 4.79 Å². The molecule has 1 unspecified atom stereocenters. The molecule has 0 saturated carbocycles. The molecule has 3 rings (SSSR count). The van der Waals surface area contributed by atoms with Crippen molar-refractivity contribution in [3.63, 3.8) is 0 Å². The fourth-order valence-electron chi connectivity index (χ4n) is 2.42. The van der Waals surface area contributed by atoms with Crippen LogP contribution in [0.3, 0.4) is 0 Å². The Hall–Kier alpha value is -1.95. The third-order valence-corrected chi connectivity index (χ3v) is 3.66. The van der Waals surface area contributed by atoms with Crippen molar-refractivity contribution >= 4 is 0 Å². The minimum Gasteiger partial charge on any atom is -0.334 e. The second kappa shape index (κ2) is 5.58. The van der Waals surface area contributed by atoms with E-state index >= 15 is 0 Å². The summed E-state index contributed by atoms with van der Waals surface area (Å²) >= 11 is 0. The van der Waals surface area contributed by atoms with E-state index in [1.165, 1.54) is 29.9 Å². The number of hydrogen-bond donors (Lipinski definition) is 1. The van der Waals surface area contributed by atoms with Gasteiger partial charge in [0, 0.05) is 24.9 Å². The van der Waals surface area contributed by atoms with E-state index in [0.717, 1.165) is 13.0 Å². The molecule has 106 valence electrons. The number of nitrogens with one attached hydrogen (secondary N) is 1. The third kappa shape index (κ3) is 2.65. The topological polar surface area (TPSA) is 73.0 Å². The van der Waals surface area contributed by atoms with Crippen LogP contribution < -0.4 is 10.9 Å². The van der Waals surface area contributed by atoms with Crippen molar-refractivity contribution < 1.29 is 4.52 Å². The maximum atomic E-state index is 11.6. The van der Waals surface area contributed by atoms with Crippen LogP contribution in [0.2, 0.25) is 0 Å². The first kappa shape index (κ1) is 13.1. The molecule has 1 fully saturated rings. The fourth-order valence-corrected chi connectivity index (χ4v) is 2.42. The minimum absolute atomic E-state index is 0.0881. The molecule has 6 nitrogen and oxygen atoms in total. The van der Waals surface area contributed by atoms with Crippen molar-refractivity contribution in [2.24, 2.45) is 7.05 Å². The number of aromatic nitrogens is 3. The third-order valence-electron chi connectivity index (χ3n) is 3.66. The van der Waals surface area contributed by atoms with Crippen LogP contribution >= 0.6 is 0 Å². The van der Waals surface area contributed by atoms with E-state index in [-0.39, 0.29) is 11.6 Å². The highest BCUT2D eigenvalue weighted by atomic mass is 16.5. The molecule has 1 aliphatic heterocycles. The van der Waals surface area contributed by atoms with Gasteiger partial charge in [-0.3, -0.25) is 4.79 Å². The van der Waals surface area contributed by atoms with Crippen LogP contribution in [0.4, 0.5) is 0 Å². The monoisotopic (exact) mass is 274 g/mol. The average Bonchev–Trinajstić information content (AvgIpc) is 2.78. The predicted octanol–water partition coefficient (Wildman–Crippen LogP) is 1.64. The summed E-state index contributed by atoms with van der Waals surface area (Å²) in [4.78, 5) is 16.1. The Morgan fingerprint density at radius 1 is 1.40 bits per heavy atom. The van der Waals surface area contributed by atoms with Gasteiger partial charge in [0.25, 0.3) is 11.4 Å². The molecule has 0 bridgehead atoms. The molecule has 1 saturated heterocycles. The standard InChI is InChI=1S/C14H18N4O2/c1-18-8-6-10(9-12(18)19)14-16-13(17-20-14)11-5-3-2-4-7-15-11/h6,8-9,11,15H,2-5,7H2,1H3. The second-order valence-electron chi connectivity index (χ2n) is 5.18. The van der Waals surface area contributed by atoms with Crippen LogP contribution in [0, 0.1) is 0 Å². The summed E-state index contributed by atoms with van der Waals surface area (Å²) in [7, 11) is 1.71. The zero-order valence-corrected chi connectivity index (χ0v) is 11.5. The summed E-state index contributed by atoms with van der Waals surface area (Å²) < 4.78 is 6.80. The molecule has 2 aromatic rings. The van der Waals surface area contributed by atoms with Gasteiger partial charge in [-0.2, -0.15) is 4.98 Å². The molecule has 0 spiro atoms. The average molecular weight is 274 g/mol. The highest BCUT2D eigenvalue weighted by Gasteiger charge is 2.20. The molecule has 0 aliphatic carbocycles. The van der Waals surface area contributed by atoms with Crippen LogP contribution in [-0.2, 0) is 7.05 Å². The lowest BCUT2D eigenvalue weighted by molar-refractivity contribution is 0.402. The molecule has 20 heavy (non-hydrogen) atoms. The van der Waals surface area contributed by atoms with Gasteiger partial charge in [-0.15, -0.1) is 0 Å². The van der Waals surface area contributed by atoms with Crippen molar-refractivity contribution in [1.29, 1.82) is 0 Å². The Morgan fingerprint density at radius 3 is 3.15 bits per heavy atom. The van der Waals surface area contributed by atoms with Gasteiger partial charge >= 0.3 is 0 Å². The number of rotatable bonds is 2. The Balaban J connectivity index is 1.85. The van der Waals surface area contributed by atoms with Gasteiger partial charge < -0.3 is 14.4 Å². The quantitative estimate of drug-likeness (QED) is 0.901. The van der Waals surface area contributed by atoms with Crippen molar-refractivity contribution in [3.05, 3.63) is 34.5 Å². The lowest BCUT2D eigenvalue weighted by atomic mass is 10.1. The first-order chi connectivity index (χ1) is 9.74. The molecular weight excluding hydrogens is 256 g/mol. The van der Waals surface area contributed by atoms with Crippen molar-refractivity contribution in [1.82, 2.24) is 20.0 Å². The highest BCUT2D eigenvalue weighted by Crippen LogP contribution is 2.23. The summed E-state index contributed by atoms with van der Waals surface area (Å²) in [5.74, 6) is 1.09. The van der Waals surface area contributed by atoms with Crippen molar-refractivity contribution in [2.45, 2.75) is 31.7 Å². The predicted molar refractivity (Wildman–Crippen MR) is 74.2 cm³/mol. The zero-order valence-electron chi connectivity index (χ0n) is 11.5. The van der Waals surface area contributed by atoms with Crippen molar-refractivity contribution in [3.8, 4) is 11.5 Å². The number of hydrogen-bond acceptors (Lipinski definition) is 5. The van der Waals surface area contributed by atoms with Gasteiger partial charge in [-0.05, 0) is 25.5 Å². The Kier molecular flexibility index (Phi) is 3.64. The Bertz CT molecular complexity index is 639. The van der Waals surface area contributed by atoms with Gasteiger partial charge in [-0.25, -0.2) is 0 Å². The summed E-state index contributed by atoms with van der Waals surface area (Å²) in [5.41, 5.74) is 0.579. The number of nitrogens with zero attached hydrogens (tertiary/aromatic N) is 3. The van der Waals surface area contributed by atoms with Gasteiger partial charge in [0.1, 0.15) is 0 Å². The molecule has 0 aromatic carbocycles. The van der Waals surface area contributed by atoms with Gasteiger partial charge in [0.2, 0.25) is 0 Å². The molecule has 1 N–H and O–H groups in total. The van der Waals surface area contributed by atoms with Crippen LogP contribution in [0.25, 0.3) is 11.5 Å². The van der Waals surface area contributed by atoms with E-state index in [2.05, 4.69) is 15.5 Å². The first-order valence-corrected chi connectivity index (χ1v) is 6.98. The lowest BCUT2D eigenvalue weighted by Crippen LogP contribution is -2.21. The van der Waals surface area contributed by atoms with Gasteiger partial charge in [0.05, 0.1) is 6.04 Å². The molecule has 1 atom stereocenters. The van der Waals surface area contributed by atoms with Crippen LogP contribution in [0.1, 0.15) is 37.5 Å². The molecule has 3 heterocycles. The molecular formula is C14H18N4O2. The Labute approximate surface area is 116 Å². The van der Waals surface area contributed by atoms with Crippen LogP contribution in [-0.4, -0.2) is 21.3 Å². The largest absolute Gasteiger partial charge is 0.334 e. The van der Waals surface area contributed by atoms with E-state index in [4.69, 9.17) is 4.52 Å². The summed E-state index contributed by atoms with van der Waals surface area (Å²) in [6.07, 6.45) is 6.33. The van der Waals surface area contributed by atoms with E-state index in [1.807, 2.05) is 0 Å². The second-order valence-corrected chi connectivity index (χ2v) is 5.18. The van der Waals surface area contributed by atoms with Crippen molar-refractivity contribution in [2.75, 3.05) is 6.54 Å². The molecule has 0 amide bonds. The maximum absolute atomic E-state index is 11.6. The fraction of sp³-hybridized carbons (Fsp3) is 0.500. The van der Waals surface area contributed by atoms with Crippen LogP contribution in [0.5, 0.6) is 0 Å². The van der Waals surface area contributed by atoms with Crippen LogP contribution in [0.15, 0.2) is 27.6 Å². The SMILES string of the molecule is Cn1ccc(-c2nc(C3CCCCCN3)no2)cc1=O. The van der Waals surface area contributed by atoms with Gasteiger partial charge in [0.15, 0.2) is 5.82 Å². The summed E-state index contributed by atoms with van der Waals surface area (Å²) in [5, 5.41) is 7.48. The summed E-state index contributed by atoms with van der Waals surface area (Å²) in [6.45, 7) is 0.987. The number of pyridine rings is 1. The van der Waals surface area contributed by atoms with E-state index < -0.39 is 0 Å². The Morgan fingerprint density at radius 2 is 2.30 bits per heavy atom. The molecule has 0 radical (unpaired) electrons. The summed E-state index contributed by atoms with van der Waals surface area (Å²) in [6, 6.07) is 3.47. The molecule has 6 heteroatoms. The minimum atomic E-state index is -0.0881. The van der Waals surface area contributed by atoms with Gasteiger partial charge in [-0.1, -0.05) is 18.0 Å². The normalized spacial score (nSPS) is 19.8. The number of aryl methyl sites for hydroxylation is 1. The smallest absolute Gasteiger partial charge is 0.258 e. The lowest BCUT2D eigenvalue weighted by Gasteiger charge is -2.09. The highest BCUT2D eigenvalue weighted by molar-refractivity contribution is 5.51. The maximum Gasteiger partial charge on any atom is 0.258 e. The molecule has 1 aliphatic rings.